The van der Waals surface area contributed by atoms with Crippen LogP contribution in [0.15, 0.2) is 0 Å². The summed E-state index contributed by atoms with van der Waals surface area (Å²) in [6, 6.07) is 0. The first-order valence-corrected chi connectivity index (χ1v) is 5.12. The van der Waals surface area contributed by atoms with Crippen LogP contribution in [-0.2, 0) is 4.74 Å². The molecule has 1 saturated heterocycles. The molecule has 2 unspecified atom stereocenters. The first-order valence-electron chi connectivity index (χ1n) is 5.12. The van der Waals surface area contributed by atoms with Crippen LogP contribution in [0.2, 0.25) is 0 Å². The lowest BCUT2D eigenvalue weighted by atomic mass is 9.81. The Morgan fingerprint density at radius 2 is 2.29 bits per heavy atom. The summed E-state index contributed by atoms with van der Waals surface area (Å²) >= 11 is 0. The summed E-state index contributed by atoms with van der Waals surface area (Å²) in [5.74, 6) is 0.898. The smallest absolute Gasteiger partial charge is 0.405 e. The Bertz CT molecular complexity index is 210. The van der Waals surface area contributed by atoms with Crippen molar-refractivity contribution in [3.8, 4) is 0 Å². The quantitative estimate of drug-likeness (QED) is 0.717. The molecule has 0 radical (unpaired) electrons. The molecular formula is C10H20N2O2. The van der Waals surface area contributed by atoms with E-state index in [2.05, 4.69) is 12.2 Å². The van der Waals surface area contributed by atoms with Gasteiger partial charge in [-0.1, -0.05) is 6.92 Å². The second kappa shape index (κ2) is 4.17. The molecule has 0 spiro atoms. The van der Waals surface area contributed by atoms with Crippen LogP contribution < -0.4 is 11.1 Å². The van der Waals surface area contributed by atoms with Gasteiger partial charge in [-0.25, -0.2) is 4.79 Å². The van der Waals surface area contributed by atoms with Gasteiger partial charge in [0, 0.05) is 0 Å². The fourth-order valence-electron chi connectivity index (χ4n) is 2.02. The Kier molecular flexibility index (Phi) is 3.37. The van der Waals surface area contributed by atoms with Gasteiger partial charge in [0.05, 0.1) is 0 Å². The van der Waals surface area contributed by atoms with E-state index in [4.69, 9.17) is 10.5 Å². The van der Waals surface area contributed by atoms with Gasteiger partial charge in [-0.2, -0.15) is 0 Å². The second-order valence-electron chi connectivity index (χ2n) is 4.57. The van der Waals surface area contributed by atoms with Crippen LogP contribution in [0.5, 0.6) is 0 Å². The van der Waals surface area contributed by atoms with E-state index >= 15 is 0 Å². The summed E-state index contributed by atoms with van der Waals surface area (Å²) < 4.78 is 5.12. The molecule has 1 heterocycles. The maximum Gasteiger partial charge on any atom is 0.405 e. The molecule has 0 aromatic carbocycles. The number of nitrogens with two attached hydrogens (primary N) is 1. The predicted molar refractivity (Wildman–Crippen MR) is 54.9 cm³/mol. The van der Waals surface area contributed by atoms with E-state index in [0.717, 1.165) is 19.5 Å². The second-order valence-corrected chi connectivity index (χ2v) is 4.57. The number of nitrogens with one attached hydrogen (secondary N) is 1. The van der Waals surface area contributed by atoms with Crippen molar-refractivity contribution in [1.29, 1.82) is 0 Å². The van der Waals surface area contributed by atoms with Gasteiger partial charge in [0.1, 0.15) is 5.60 Å². The first kappa shape index (κ1) is 11.3. The van der Waals surface area contributed by atoms with Crippen molar-refractivity contribution in [3.05, 3.63) is 0 Å². The molecule has 4 nitrogen and oxygen atoms in total. The van der Waals surface area contributed by atoms with Crippen LogP contribution in [-0.4, -0.2) is 24.8 Å². The zero-order valence-corrected chi connectivity index (χ0v) is 9.17. The molecule has 1 aliphatic rings. The van der Waals surface area contributed by atoms with Gasteiger partial charge in [-0.15, -0.1) is 0 Å². The maximum absolute atomic E-state index is 10.7. The standard InChI is InChI=1S/C10H20N2O2/c1-7(8-4-5-12-6-8)10(2,3)14-9(11)13/h7-8,12H,4-6H2,1-3H3,(H2,11,13). The minimum Gasteiger partial charge on any atom is -0.443 e. The zero-order chi connectivity index (χ0) is 10.8. The van der Waals surface area contributed by atoms with Crippen molar-refractivity contribution in [3.63, 3.8) is 0 Å². The van der Waals surface area contributed by atoms with Crippen LogP contribution in [0.3, 0.4) is 0 Å². The van der Waals surface area contributed by atoms with Gasteiger partial charge < -0.3 is 15.8 Å². The molecule has 3 N–H and O–H groups in total. The zero-order valence-electron chi connectivity index (χ0n) is 9.17. The van der Waals surface area contributed by atoms with Crippen LogP contribution in [0.25, 0.3) is 0 Å². The number of carbonyl (C=O) groups excluding carboxylic acids is 1. The van der Waals surface area contributed by atoms with Gasteiger partial charge in [0.15, 0.2) is 0 Å². The van der Waals surface area contributed by atoms with Crippen molar-refractivity contribution in [2.75, 3.05) is 13.1 Å². The van der Waals surface area contributed by atoms with Crippen LogP contribution in [0.1, 0.15) is 27.2 Å². The lowest BCUT2D eigenvalue weighted by Gasteiger charge is -2.34. The van der Waals surface area contributed by atoms with Crippen molar-refractivity contribution >= 4 is 6.09 Å². The molecule has 1 fully saturated rings. The molecule has 2 atom stereocenters. The molecule has 4 heteroatoms. The third-order valence-corrected chi connectivity index (χ3v) is 3.27. The molecule has 82 valence electrons. The summed E-state index contributed by atoms with van der Waals surface area (Å²) in [6.07, 6.45) is 0.458. The largest absolute Gasteiger partial charge is 0.443 e. The molecule has 0 bridgehead atoms. The predicted octanol–water partition coefficient (Wildman–Crippen LogP) is 1.11. The third kappa shape index (κ3) is 2.61. The van der Waals surface area contributed by atoms with E-state index in [1.54, 1.807) is 0 Å². The Hall–Kier alpha value is -0.770. The Morgan fingerprint density at radius 1 is 1.64 bits per heavy atom. The van der Waals surface area contributed by atoms with Gasteiger partial charge in [-0.05, 0) is 45.2 Å². The lowest BCUT2D eigenvalue weighted by Crippen LogP contribution is -2.41. The fourth-order valence-corrected chi connectivity index (χ4v) is 2.02. The van der Waals surface area contributed by atoms with Gasteiger partial charge in [0.2, 0.25) is 0 Å². The normalized spacial score (nSPS) is 24.6. The number of carbonyl (C=O) groups is 1. The van der Waals surface area contributed by atoms with Crippen molar-refractivity contribution in [2.24, 2.45) is 17.6 Å². The summed E-state index contributed by atoms with van der Waals surface area (Å²) in [7, 11) is 0. The summed E-state index contributed by atoms with van der Waals surface area (Å²) in [5.41, 5.74) is 4.57. The van der Waals surface area contributed by atoms with E-state index in [0.29, 0.717) is 11.8 Å². The molecule has 1 amide bonds. The highest BCUT2D eigenvalue weighted by molar-refractivity contribution is 5.65. The van der Waals surface area contributed by atoms with E-state index in [-0.39, 0.29) is 0 Å². The van der Waals surface area contributed by atoms with Gasteiger partial charge >= 0.3 is 6.09 Å². The van der Waals surface area contributed by atoms with Crippen molar-refractivity contribution in [1.82, 2.24) is 5.32 Å². The minimum atomic E-state index is -0.687. The molecule has 0 aromatic heterocycles. The number of ether oxygens (including phenoxy) is 1. The van der Waals surface area contributed by atoms with E-state index < -0.39 is 11.7 Å². The maximum atomic E-state index is 10.7. The molecule has 1 rings (SSSR count). The number of hydrogen-bond acceptors (Lipinski definition) is 3. The summed E-state index contributed by atoms with van der Waals surface area (Å²) in [6.45, 7) is 8.01. The van der Waals surface area contributed by atoms with Crippen molar-refractivity contribution in [2.45, 2.75) is 32.8 Å². The van der Waals surface area contributed by atoms with E-state index in [9.17, 15) is 4.79 Å². The highest BCUT2D eigenvalue weighted by Crippen LogP contribution is 2.31. The van der Waals surface area contributed by atoms with Crippen molar-refractivity contribution < 1.29 is 9.53 Å². The molecule has 0 saturated carbocycles. The number of amides is 1. The highest BCUT2D eigenvalue weighted by Gasteiger charge is 2.36. The summed E-state index contributed by atoms with van der Waals surface area (Å²) in [4.78, 5) is 10.7. The average Bonchev–Trinajstić information content (AvgIpc) is 2.51. The highest BCUT2D eigenvalue weighted by atomic mass is 16.6. The van der Waals surface area contributed by atoms with Crippen LogP contribution in [0, 0.1) is 11.8 Å². The van der Waals surface area contributed by atoms with E-state index in [1.807, 2.05) is 13.8 Å². The Morgan fingerprint density at radius 3 is 2.71 bits per heavy atom. The lowest BCUT2D eigenvalue weighted by molar-refractivity contribution is -0.0130. The third-order valence-electron chi connectivity index (χ3n) is 3.27. The molecule has 1 aliphatic heterocycles. The SMILES string of the molecule is CC(C1CCNC1)C(C)(C)OC(N)=O. The summed E-state index contributed by atoms with van der Waals surface area (Å²) in [5, 5.41) is 3.31. The van der Waals surface area contributed by atoms with E-state index in [1.165, 1.54) is 0 Å². The number of hydrogen-bond donors (Lipinski definition) is 2. The van der Waals surface area contributed by atoms with Crippen LogP contribution >= 0.6 is 0 Å². The molecule has 0 aromatic rings. The molecule has 14 heavy (non-hydrogen) atoms. The monoisotopic (exact) mass is 200 g/mol. The minimum absolute atomic E-state index is 0.324. The van der Waals surface area contributed by atoms with Gasteiger partial charge in [-0.3, -0.25) is 0 Å². The number of primary amides is 1. The fraction of sp³-hybridized carbons (Fsp3) is 0.900. The molecule has 0 aliphatic carbocycles. The number of rotatable bonds is 3. The topological polar surface area (TPSA) is 64.3 Å². The average molecular weight is 200 g/mol. The Labute approximate surface area is 85.2 Å². The van der Waals surface area contributed by atoms with Gasteiger partial charge in [0.25, 0.3) is 0 Å². The Balaban J connectivity index is 2.55. The molecular weight excluding hydrogens is 180 g/mol. The van der Waals surface area contributed by atoms with Crippen LogP contribution in [0.4, 0.5) is 4.79 Å². The first-order chi connectivity index (χ1) is 6.43.